The number of nitrogens with one attached hydrogen (secondary N) is 1. The van der Waals surface area contributed by atoms with E-state index in [2.05, 4.69) is 20.2 Å². The van der Waals surface area contributed by atoms with E-state index in [9.17, 15) is 22.5 Å². The van der Waals surface area contributed by atoms with Crippen LogP contribution in [0.1, 0.15) is 63.4 Å². The summed E-state index contributed by atoms with van der Waals surface area (Å²) >= 11 is -0.217. The molecule has 13 heteroatoms. The van der Waals surface area contributed by atoms with Gasteiger partial charge in [0.05, 0.1) is 38.3 Å². The fourth-order valence-corrected chi connectivity index (χ4v) is 6.91. The van der Waals surface area contributed by atoms with Crippen molar-refractivity contribution < 1.29 is 22.5 Å². The van der Waals surface area contributed by atoms with Gasteiger partial charge in [-0.2, -0.15) is 18.2 Å². The molecule has 1 saturated heterocycles. The Morgan fingerprint density at radius 2 is 1.86 bits per heavy atom. The van der Waals surface area contributed by atoms with Crippen LogP contribution in [0.5, 0.6) is 0 Å². The fraction of sp³-hybridized carbons (Fsp3) is 0.652. The van der Waals surface area contributed by atoms with Crippen LogP contribution in [0.3, 0.4) is 0 Å². The zero-order valence-corrected chi connectivity index (χ0v) is 21.8. The van der Waals surface area contributed by atoms with E-state index < -0.39 is 26.6 Å². The lowest BCUT2D eigenvalue weighted by Crippen LogP contribution is -2.49. The number of aliphatic hydroxyl groups is 1. The molecule has 1 aliphatic carbocycles. The summed E-state index contributed by atoms with van der Waals surface area (Å²) in [5, 5.41) is 13.4. The molecule has 196 valence electrons. The minimum absolute atomic E-state index is 0.0111. The van der Waals surface area contributed by atoms with E-state index in [0.29, 0.717) is 54.8 Å². The first-order valence-corrected chi connectivity index (χ1v) is 14.0. The highest BCUT2D eigenvalue weighted by atomic mass is 32.2. The quantitative estimate of drug-likeness (QED) is 0.524. The van der Waals surface area contributed by atoms with Gasteiger partial charge in [-0.15, -0.1) is 0 Å². The highest BCUT2D eigenvalue weighted by Gasteiger charge is 2.44. The lowest BCUT2D eigenvalue weighted by Gasteiger charge is -2.42. The Morgan fingerprint density at radius 3 is 2.42 bits per heavy atom. The Morgan fingerprint density at radius 1 is 1.19 bits per heavy atom. The highest BCUT2D eigenvalue weighted by Crippen LogP contribution is 2.43. The van der Waals surface area contributed by atoms with Crippen LogP contribution in [-0.2, 0) is 17.2 Å². The Labute approximate surface area is 214 Å². The van der Waals surface area contributed by atoms with E-state index in [1.165, 1.54) is 12.4 Å². The molecule has 0 unspecified atom stereocenters. The molecule has 1 atom stereocenters. The van der Waals surface area contributed by atoms with Gasteiger partial charge in [0, 0.05) is 37.8 Å². The molecule has 0 spiro atoms. The molecule has 2 N–H and O–H groups in total. The van der Waals surface area contributed by atoms with Gasteiger partial charge in [-0.3, -0.25) is 4.21 Å². The van der Waals surface area contributed by atoms with E-state index in [1.807, 2.05) is 13.8 Å². The molecule has 2 aromatic heterocycles. The van der Waals surface area contributed by atoms with Crippen molar-refractivity contribution in [2.45, 2.75) is 83.9 Å². The van der Waals surface area contributed by atoms with Gasteiger partial charge in [-0.05, 0) is 57.7 Å². The third kappa shape index (κ3) is 5.06. The molecule has 2 aliphatic heterocycles. The van der Waals surface area contributed by atoms with Crippen LogP contribution in [0.15, 0.2) is 22.2 Å². The molecule has 1 saturated carbocycles. The molecule has 0 radical (unpaired) electrons. The van der Waals surface area contributed by atoms with Crippen LogP contribution in [0, 0.1) is 0 Å². The minimum Gasteiger partial charge on any atom is -0.394 e. The first-order valence-electron chi connectivity index (χ1n) is 12.0. The summed E-state index contributed by atoms with van der Waals surface area (Å²) in [4.78, 5) is 20.7. The van der Waals surface area contributed by atoms with Gasteiger partial charge in [0.1, 0.15) is 16.5 Å². The van der Waals surface area contributed by atoms with Crippen molar-refractivity contribution in [2.24, 2.45) is 0 Å². The van der Waals surface area contributed by atoms with Crippen LogP contribution >= 0.6 is 11.8 Å². The van der Waals surface area contributed by atoms with Crippen molar-refractivity contribution >= 4 is 34.3 Å². The lowest BCUT2D eigenvalue weighted by atomic mass is 9.77. The van der Waals surface area contributed by atoms with Gasteiger partial charge in [-0.1, -0.05) is 0 Å². The second kappa shape index (κ2) is 9.39. The number of nitrogens with zero attached hydrogens (tertiary/aromatic N) is 5. The van der Waals surface area contributed by atoms with Crippen molar-refractivity contribution in [3.63, 3.8) is 0 Å². The Kier molecular flexibility index (Phi) is 6.69. The number of anilines is 2. The van der Waals surface area contributed by atoms with Crippen molar-refractivity contribution in [1.82, 2.24) is 19.9 Å². The first-order chi connectivity index (χ1) is 17.0. The second-order valence-electron chi connectivity index (χ2n) is 10.4. The summed E-state index contributed by atoms with van der Waals surface area (Å²) in [5.41, 5.74) is -4.02. The van der Waals surface area contributed by atoms with E-state index in [1.54, 1.807) is 0 Å². The number of thioether (sulfide) groups is 1. The average Bonchev–Trinajstić information content (AvgIpc) is 3.04. The number of alkyl halides is 3. The minimum atomic E-state index is -4.36. The fourth-order valence-electron chi connectivity index (χ4n) is 5.01. The average molecular weight is 543 g/mol. The highest BCUT2D eigenvalue weighted by molar-refractivity contribution is 8.00. The normalized spacial score (nSPS) is 23.3. The van der Waals surface area contributed by atoms with E-state index in [0.717, 1.165) is 25.0 Å². The van der Waals surface area contributed by atoms with Crippen molar-refractivity contribution in [1.29, 1.82) is 0 Å². The number of aromatic nitrogens is 4. The Bertz CT molecular complexity index is 1140. The number of aliphatic hydroxyl groups excluding tert-OH is 1. The van der Waals surface area contributed by atoms with Crippen LogP contribution in [0.25, 0.3) is 0 Å². The second-order valence-corrected chi connectivity index (χ2v) is 13.5. The van der Waals surface area contributed by atoms with E-state index in [4.69, 9.17) is 9.97 Å². The molecule has 2 fully saturated rings. The molecule has 0 aromatic carbocycles. The third-order valence-corrected chi connectivity index (χ3v) is 9.85. The zero-order valence-electron chi connectivity index (χ0n) is 20.1. The smallest absolute Gasteiger partial charge is 0.394 e. The molecule has 4 heterocycles. The number of hydrogen-bond acceptors (Lipinski definition) is 9. The maximum atomic E-state index is 13.2. The van der Waals surface area contributed by atoms with Crippen molar-refractivity contribution in [2.75, 3.05) is 29.9 Å². The third-order valence-electron chi connectivity index (χ3n) is 7.23. The maximum Gasteiger partial charge on any atom is 0.446 e. The summed E-state index contributed by atoms with van der Waals surface area (Å²) in [6.45, 7) is 5.20. The summed E-state index contributed by atoms with van der Waals surface area (Å²) in [6.07, 6.45) is 7.16. The van der Waals surface area contributed by atoms with Crippen LogP contribution in [0.2, 0.25) is 0 Å². The molecular weight excluding hydrogens is 513 g/mol. The van der Waals surface area contributed by atoms with Crippen LogP contribution < -0.4 is 10.2 Å². The van der Waals surface area contributed by atoms with Crippen molar-refractivity contribution in [3.05, 3.63) is 23.9 Å². The van der Waals surface area contributed by atoms with Crippen LogP contribution in [0.4, 0.5) is 24.9 Å². The number of halogens is 3. The molecule has 3 aliphatic rings. The number of hydrogen-bond donors (Lipinski definition) is 2. The number of piperidine rings is 1. The standard InChI is InChI=1S/C23H29F3N6O2S2/c1-21(2)10-16-17(36(21)34)19(31-22(13-33)6-3-7-22)30-20(29-16)32-8-4-14(5-9-32)18-27-11-15(12-28-18)35-23(24,25)26/h11-12,14,33H,3-10,13H2,1-2H3,(H,29,30,31)/t36-/m1/s1. The molecule has 8 nitrogen and oxygen atoms in total. The van der Waals surface area contributed by atoms with Gasteiger partial charge in [-0.25, -0.2) is 15.0 Å². The monoisotopic (exact) mass is 542 g/mol. The van der Waals surface area contributed by atoms with Crippen LogP contribution in [-0.4, -0.2) is 64.7 Å². The zero-order chi connectivity index (χ0) is 25.7. The predicted octanol–water partition coefficient (Wildman–Crippen LogP) is 4.03. The molecule has 0 amide bonds. The predicted molar refractivity (Wildman–Crippen MR) is 132 cm³/mol. The SMILES string of the molecule is CC1(C)Cc2nc(N3CCC(c4ncc(SC(F)(F)F)cn4)CC3)nc(NC3(CO)CCC3)c2[S@]1=O. The molecule has 2 aromatic rings. The Balaban J connectivity index is 1.33. The molecule has 0 bridgehead atoms. The summed E-state index contributed by atoms with van der Waals surface area (Å²) in [7, 11) is -1.26. The summed E-state index contributed by atoms with van der Waals surface area (Å²) in [5.74, 6) is 1.70. The molecule has 5 rings (SSSR count). The van der Waals surface area contributed by atoms with Gasteiger partial charge in [0.25, 0.3) is 0 Å². The van der Waals surface area contributed by atoms with E-state index in [-0.39, 0.29) is 29.2 Å². The van der Waals surface area contributed by atoms with Gasteiger partial charge >= 0.3 is 5.51 Å². The molecular formula is C23H29F3N6O2S2. The first kappa shape index (κ1) is 25.7. The summed E-state index contributed by atoms with van der Waals surface area (Å²) in [6, 6.07) is 0. The van der Waals surface area contributed by atoms with Gasteiger partial charge in [0.15, 0.2) is 0 Å². The Hall–Kier alpha value is -1.99. The van der Waals surface area contributed by atoms with Gasteiger partial charge < -0.3 is 15.3 Å². The topological polar surface area (TPSA) is 104 Å². The van der Waals surface area contributed by atoms with Crippen molar-refractivity contribution in [3.8, 4) is 0 Å². The summed E-state index contributed by atoms with van der Waals surface area (Å²) < 4.78 is 50.5. The van der Waals surface area contributed by atoms with Gasteiger partial charge in [0.2, 0.25) is 5.95 Å². The lowest BCUT2D eigenvalue weighted by molar-refractivity contribution is -0.0328. The number of fused-ring (bicyclic) bond motifs is 1. The van der Waals surface area contributed by atoms with E-state index >= 15 is 0 Å². The maximum absolute atomic E-state index is 13.2. The molecule has 36 heavy (non-hydrogen) atoms. The largest absolute Gasteiger partial charge is 0.446 e. The number of rotatable bonds is 6.